The van der Waals surface area contributed by atoms with E-state index in [-0.39, 0.29) is 0 Å². The molecule has 2 heterocycles. The maximum absolute atomic E-state index is 5.91. The molecule has 0 spiro atoms. The molecule has 1 N–H and O–H groups in total. The molecule has 2 aromatic heterocycles. The molecule has 1 fully saturated rings. The van der Waals surface area contributed by atoms with Gasteiger partial charge in [-0.2, -0.15) is 0 Å². The lowest BCUT2D eigenvalue weighted by molar-refractivity contribution is 0.464. The Morgan fingerprint density at radius 2 is 2.32 bits per heavy atom. The quantitative estimate of drug-likeness (QED) is 0.888. The van der Waals surface area contributed by atoms with E-state index in [1.165, 1.54) is 17.7 Å². The second kappa shape index (κ2) is 5.48. The largest absolute Gasteiger partial charge is 0.407 e. The van der Waals surface area contributed by atoms with Crippen LogP contribution in [0.2, 0.25) is 4.34 Å². The summed E-state index contributed by atoms with van der Waals surface area (Å²) in [5, 5.41) is 11.4. The number of halogens is 1. The fourth-order valence-electron chi connectivity index (χ4n) is 1.73. The van der Waals surface area contributed by atoms with Crippen LogP contribution in [-0.4, -0.2) is 23.3 Å². The summed E-state index contributed by atoms with van der Waals surface area (Å²) >= 11 is 7.47. The summed E-state index contributed by atoms with van der Waals surface area (Å²) in [4.78, 5) is 3.10. The number of aromatic nitrogens is 2. The topological polar surface area (TPSA) is 54.2 Å². The Balaban J connectivity index is 1.57. The molecule has 0 aromatic carbocycles. The highest BCUT2D eigenvalue weighted by Crippen LogP contribution is 2.24. The van der Waals surface area contributed by atoms with E-state index in [0.29, 0.717) is 24.5 Å². The number of anilines is 1. The van der Waals surface area contributed by atoms with E-state index in [0.717, 1.165) is 10.9 Å². The van der Waals surface area contributed by atoms with Gasteiger partial charge in [0.2, 0.25) is 5.89 Å². The Labute approximate surface area is 120 Å². The number of hydrogen-bond acceptors (Lipinski definition) is 6. The summed E-state index contributed by atoms with van der Waals surface area (Å²) in [6.45, 7) is 1.37. The van der Waals surface area contributed by atoms with E-state index >= 15 is 0 Å². The average Bonchev–Trinajstić information content (AvgIpc) is 2.94. The summed E-state index contributed by atoms with van der Waals surface area (Å²) in [5.74, 6) is 0.637. The van der Waals surface area contributed by atoms with Crippen molar-refractivity contribution < 1.29 is 4.42 Å². The van der Waals surface area contributed by atoms with Crippen LogP contribution in [0.1, 0.15) is 23.6 Å². The zero-order valence-corrected chi connectivity index (χ0v) is 12.2. The molecule has 2 aromatic rings. The second-order valence-corrected chi connectivity index (χ2v) is 6.50. The van der Waals surface area contributed by atoms with Gasteiger partial charge in [0, 0.05) is 18.0 Å². The van der Waals surface area contributed by atoms with Crippen LogP contribution >= 0.6 is 22.9 Å². The van der Waals surface area contributed by atoms with Crippen molar-refractivity contribution in [1.82, 2.24) is 15.5 Å². The lowest BCUT2D eigenvalue weighted by Crippen LogP contribution is -2.16. The maximum atomic E-state index is 5.91. The van der Waals surface area contributed by atoms with Gasteiger partial charge in [0.15, 0.2) is 0 Å². The van der Waals surface area contributed by atoms with E-state index < -0.39 is 0 Å². The first-order chi connectivity index (χ1) is 9.20. The molecule has 3 rings (SSSR count). The van der Waals surface area contributed by atoms with E-state index in [1.54, 1.807) is 11.3 Å². The average molecular weight is 299 g/mol. The number of thiophene rings is 1. The number of nitrogens with one attached hydrogen (secondary N) is 1. The molecule has 19 heavy (non-hydrogen) atoms. The van der Waals surface area contributed by atoms with Crippen molar-refractivity contribution in [2.45, 2.75) is 32.0 Å². The standard InChI is InChI=1S/C12H15ClN4OS/c1-17(7-9-4-5-10(13)19-9)12-16-15-11(18-12)6-14-8-2-3-8/h4-5,8,14H,2-3,6-7H2,1H3. The fourth-order valence-corrected chi connectivity index (χ4v) is 2.87. The zero-order chi connectivity index (χ0) is 13.2. The maximum Gasteiger partial charge on any atom is 0.318 e. The van der Waals surface area contributed by atoms with E-state index in [2.05, 4.69) is 15.5 Å². The van der Waals surface area contributed by atoms with E-state index in [1.807, 2.05) is 24.1 Å². The van der Waals surface area contributed by atoms with Gasteiger partial charge in [0.05, 0.1) is 17.4 Å². The van der Waals surface area contributed by atoms with Crippen LogP contribution in [-0.2, 0) is 13.1 Å². The van der Waals surface area contributed by atoms with Crippen molar-refractivity contribution in [3.8, 4) is 0 Å². The normalized spacial score (nSPS) is 14.8. The van der Waals surface area contributed by atoms with Crippen molar-refractivity contribution in [1.29, 1.82) is 0 Å². The van der Waals surface area contributed by atoms with Gasteiger partial charge < -0.3 is 14.6 Å². The first kappa shape index (κ1) is 12.9. The third-order valence-corrected chi connectivity index (χ3v) is 4.14. The minimum atomic E-state index is 0.539. The smallest absolute Gasteiger partial charge is 0.318 e. The van der Waals surface area contributed by atoms with Gasteiger partial charge in [-0.3, -0.25) is 0 Å². The highest BCUT2D eigenvalue weighted by atomic mass is 35.5. The first-order valence-electron chi connectivity index (χ1n) is 6.22. The molecule has 1 saturated carbocycles. The van der Waals surface area contributed by atoms with Crippen LogP contribution in [0.25, 0.3) is 0 Å². The number of nitrogens with zero attached hydrogens (tertiary/aromatic N) is 3. The van der Waals surface area contributed by atoms with Crippen LogP contribution in [0, 0.1) is 0 Å². The Bertz CT molecular complexity index is 551. The van der Waals surface area contributed by atoms with Crippen LogP contribution in [0.3, 0.4) is 0 Å². The summed E-state index contributed by atoms with van der Waals surface area (Å²) in [5.41, 5.74) is 0. The predicted molar refractivity (Wildman–Crippen MR) is 75.6 cm³/mol. The zero-order valence-electron chi connectivity index (χ0n) is 10.6. The highest BCUT2D eigenvalue weighted by Gasteiger charge is 2.21. The molecule has 0 unspecified atom stereocenters. The van der Waals surface area contributed by atoms with Crippen molar-refractivity contribution in [2.75, 3.05) is 11.9 Å². The predicted octanol–water partition coefficient (Wildman–Crippen LogP) is 2.67. The molecule has 1 aliphatic carbocycles. The first-order valence-corrected chi connectivity index (χ1v) is 7.41. The van der Waals surface area contributed by atoms with Crippen LogP contribution < -0.4 is 10.2 Å². The van der Waals surface area contributed by atoms with Gasteiger partial charge in [-0.15, -0.1) is 16.4 Å². The molecule has 0 radical (unpaired) electrons. The Morgan fingerprint density at radius 1 is 1.47 bits per heavy atom. The summed E-state index contributed by atoms with van der Waals surface area (Å²) < 4.78 is 6.41. The van der Waals surface area contributed by atoms with Crippen molar-refractivity contribution >= 4 is 29.0 Å². The van der Waals surface area contributed by atoms with Gasteiger partial charge in [-0.25, -0.2) is 0 Å². The SMILES string of the molecule is CN(Cc1ccc(Cl)s1)c1nnc(CNC2CC2)o1. The lowest BCUT2D eigenvalue weighted by Gasteiger charge is -2.11. The summed E-state index contributed by atoms with van der Waals surface area (Å²) in [7, 11) is 1.93. The molecule has 1 aliphatic rings. The Kier molecular flexibility index (Phi) is 3.72. The molecular weight excluding hydrogens is 284 g/mol. The molecule has 0 amide bonds. The van der Waals surface area contributed by atoms with Gasteiger partial charge in [0.1, 0.15) is 0 Å². The van der Waals surface area contributed by atoms with Gasteiger partial charge in [0.25, 0.3) is 0 Å². The van der Waals surface area contributed by atoms with E-state index in [9.17, 15) is 0 Å². The lowest BCUT2D eigenvalue weighted by atomic mass is 10.4. The summed E-state index contributed by atoms with van der Waals surface area (Å²) in [6, 6.07) is 5.09. The Hall–Kier alpha value is -1.11. The van der Waals surface area contributed by atoms with Crippen LogP contribution in [0.4, 0.5) is 6.01 Å². The highest BCUT2D eigenvalue weighted by molar-refractivity contribution is 7.16. The molecule has 0 bridgehead atoms. The van der Waals surface area contributed by atoms with Crippen LogP contribution in [0.15, 0.2) is 16.5 Å². The van der Waals surface area contributed by atoms with Gasteiger partial charge in [-0.1, -0.05) is 16.7 Å². The molecule has 5 nitrogen and oxygen atoms in total. The van der Waals surface area contributed by atoms with Gasteiger partial charge >= 0.3 is 6.01 Å². The molecule has 0 atom stereocenters. The monoisotopic (exact) mass is 298 g/mol. The third-order valence-electron chi connectivity index (χ3n) is 2.92. The molecule has 7 heteroatoms. The van der Waals surface area contributed by atoms with Crippen LogP contribution in [0.5, 0.6) is 0 Å². The Morgan fingerprint density at radius 3 is 3.00 bits per heavy atom. The summed E-state index contributed by atoms with van der Waals surface area (Å²) in [6.07, 6.45) is 2.50. The molecular formula is C12H15ClN4OS. The van der Waals surface area contributed by atoms with Crippen molar-refractivity contribution in [2.24, 2.45) is 0 Å². The minimum Gasteiger partial charge on any atom is -0.407 e. The fraction of sp³-hybridized carbons (Fsp3) is 0.500. The number of rotatable bonds is 6. The molecule has 102 valence electrons. The minimum absolute atomic E-state index is 0.539. The third kappa shape index (κ3) is 3.46. The van der Waals surface area contributed by atoms with Gasteiger partial charge in [-0.05, 0) is 25.0 Å². The molecule has 0 saturated heterocycles. The van der Waals surface area contributed by atoms with Crippen molar-refractivity contribution in [3.63, 3.8) is 0 Å². The van der Waals surface area contributed by atoms with Crippen molar-refractivity contribution in [3.05, 3.63) is 27.2 Å². The number of hydrogen-bond donors (Lipinski definition) is 1. The van der Waals surface area contributed by atoms with E-state index in [4.69, 9.17) is 16.0 Å². The second-order valence-electron chi connectivity index (χ2n) is 4.70. The molecule has 0 aliphatic heterocycles.